The van der Waals surface area contributed by atoms with Crippen LogP contribution >= 0.6 is 0 Å². The molecule has 140 valence electrons. The standard InChI is InChI=1S/C20H27N3O3/c1-26-12-11-23-18(24)13-17(16-3-2-8-21-14-16)20(23)6-9-22(10-7-20)19(25)15-4-5-15/h2-3,8,14-15,17H,4-7,9-13H2,1H3/t17-/m1/s1. The molecular formula is C20H27N3O3. The second-order valence-electron chi connectivity index (χ2n) is 7.78. The molecule has 1 spiro atoms. The van der Waals surface area contributed by atoms with E-state index < -0.39 is 0 Å². The van der Waals surface area contributed by atoms with Crippen LogP contribution in [0.15, 0.2) is 24.5 Å². The molecule has 2 amide bonds. The van der Waals surface area contributed by atoms with E-state index in [0.717, 1.165) is 44.3 Å². The summed E-state index contributed by atoms with van der Waals surface area (Å²) < 4.78 is 5.26. The van der Waals surface area contributed by atoms with Crippen LogP contribution in [-0.4, -0.2) is 65.5 Å². The number of amides is 2. The Kier molecular flexibility index (Phi) is 4.69. The smallest absolute Gasteiger partial charge is 0.225 e. The second kappa shape index (κ2) is 6.99. The van der Waals surface area contributed by atoms with Crippen LogP contribution in [0.2, 0.25) is 0 Å². The third-order valence-electron chi connectivity index (χ3n) is 6.34. The van der Waals surface area contributed by atoms with Gasteiger partial charge in [0.05, 0.1) is 12.1 Å². The first-order valence-electron chi connectivity index (χ1n) is 9.64. The zero-order valence-corrected chi connectivity index (χ0v) is 15.4. The molecule has 0 aromatic carbocycles. The maximum atomic E-state index is 12.8. The van der Waals surface area contributed by atoms with E-state index in [1.54, 1.807) is 13.3 Å². The maximum Gasteiger partial charge on any atom is 0.225 e. The van der Waals surface area contributed by atoms with E-state index in [0.29, 0.717) is 25.5 Å². The van der Waals surface area contributed by atoms with Crippen LogP contribution < -0.4 is 0 Å². The van der Waals surface area contributed by atoms with Crippen molar-refractivity contribution < 1.29 is 14.3 Å². The van der Waals surface area contributed by atoms with Gasteiger partial charge in [-0.3, -0.25) is 14.6 Å². The summed E-state index contributed by atoms with van der Waals surface area (Å²) >= 11 is 0. The van der Waals surface area contributed by atoms with Crippen LogP contribution in [0.25, 0.3) is 0 Å². The molecule has 3 aliphatic rings. The largest absolute Gasteiger partial charge is 0.383 e. The third kappa shape index (κ3) is 3.00. The molecule has 1 aromatic heterocycles. The summed E-state index contributed by atoms with van der Waals surface area (Å²) in [4.78, 5) is 33.6. The van der Waals surface area contributed by atoms with Crippen molar-refractivity contribution >= 4 is 11.8 Å². The molecule has 6 nitrogen and oxygen atoms in total. The van der Waals surface area contributed by atoms with Gasteiger partial charge in [0, 0.05) is 57.4 Å². The van der Waals surface area contributed by atoms with Gasteiger partial charge in [-0.2, -0.15) is 0 Å². The highest BCUT2D eigenvalue weighted by atomic mass is 16.5. The minimum atomic E-state index is -0.223. The lowest BCUT2D eigenvalue weighted by Crippen LogP contribution is -2.57. The molecule has 3 fully saturated rings. The van der Waals surface area contributed by atoms with Crippen LogP contribution in [0.5, 0.6) is 0 Å². The number of hydrogen-bond donors (Lipinski definition) is 0. The number of likely N-dealkylation sites (tertiary alicyclic amines) is 2. The number of carbonyl (C=O) groups is 2. The maximum absolute atomic E-state index is 12.8. The first kappa shape index (κ1) is 17.5. The summed E-state index contributed by atoms with van der Waals surface area (Å²) in [7, 11) is 1.67. The summed E-state index contributed by atoms with van der Waals surface area (Å²) in [5, 5.41) is 0. The van der Waals surface area contributed by atoms with Crippen LogP contribution in [0.1, 0.15) is 43.6 Å². The molecule has 1 aromatic rings. The van der Waals surface area contributed by atoms with E-state index in [-0.39, 0.29) is 23.3 Å². The molecule has 0 radical (unpaired) electrons. The molecule has 26 heavy (non-hydrogen) atoms. The lowest BCUT2D eigenvalue weighted by atomic mass is 9.74. The van der Waals surface area contributed by atoms with E-state index in [9.17, 15) is 9.59 Å². The van der Waals surface area contributed by atoms with Crippen molar-refractivity contribution in [3.8, 4) is 0 Å². The van der Waals surface area contributed by atoms with E-state index in [1.165, 1.54) is 0 Å². The summed E-state index contributed by atoms with van der Waals surface area (Å²) in [5.74, 6) is 0.898. The normalized spacial score (nSPS) is 25.1. The number of nitrogens with zero attached hydrogens (tertiary/aromatic N) is 3. The predicted octanol–water partition coefficient (Wildman–Crippen LogP) is 1.82. The van der Waals surface area contributed by atoms with Crippen molar-refractivity contribution in [1.29, 1.82) is 0 Å². The van der Waals surface area contributed by atoms with Crippen LogP contribution in [-0.2, 0) is 14.3 Å². The number of pyridine rings is 1. The van der Waals surface area contributed by atoms with Crippen LogP contribution in [0.4, 0.5) is 0 Å². The van der Waals surface area contributed by atoms with E-state index in [2.05, 4.69) is 11.1 Å². The van der Waals surface area contributed by atoms with Crippen LogP contribution in [0, 0.1) is 5.92 Å². The van der Waals surface area contributed by atoms with Gasteiger partial charge in [-0.15, -0.1) is 0 Å². The van der Waals surface area contributed by atoms with Crippen molar-refractivity contribution in [1.82, 2.24) is 14.8 Å². The molecule has 0 N–H and O–H groups in total. The number of aromatic nitrogens is 1. The monoisotopic (exact) mass is 357 g/mol. The Labute approximate surface area is 154 Å². The third-order valence-corrected chi connectivity index (χ3v) is 6.34. The molecule has 0 unspecified atom stereocenters. The first-order chi connectivity index (χ1) is 12.7. The molecule has 1 aliphatic carbocycles. The van der Waals surface area contributed by atoms with Crippen LogP contribution in [0.3, 0.4) is 0 Å². The Hall–Kier alpha value is -1.95. The van der Waals surface area contributed by atoms with E-state index in [1.807, 2.05) is 22.1 Å². The highest BCUT2D eigenvalue weighted by Crippen LogP contribution is 2.49. The predicted molar refractivity (Wildman–Crippen MR) is 96.5 cm³/mol. The Morgan fingerprint density at radius 3 is 2.73 bits per heavy atom. The fourth-order valence-corrected chi connectivity index (χ4v) is 4.77. The summed E-state index contributed by atoms with van der Waals surface area (Å²) in [6.07, 6.45) is 7.93. The molecule has 1 saturated carbocycles. The average Bonchev–Trinajstić information content (AvgIpc) is 3.48. The van der Waals surface area contributed by atoms with Crippen molar-refractivity contribution in [2.75, 3.05) is 33.4 Å². The van der Waals surface area contributed by atoms with Crippen molar-refractivity contribution in [3.63, 3.8) is 0 Å². The molecule has 2 aliphatic heterocycles. The van der Waals surface area contributed by atoms with Gasteiger partial charge >= 0.3 is 0 Å². The van der Waals surface area contributed by atoms with Gasteiger partial charge in [0.2, 0.25) is 11.8 Å². The lowest BCUT2D eigenvalue weighted by Gasteiger charge is -2.48. The molecule has 3 heterocycles. The Balaban J connectivity index is 1.59. The number of piperidine rings is 1. The molecule has 0 bridgehead atoms. The Morgan fingerprint density at radius 2 is 2.12 bits per heavy atom. The van der Waals surface area contributed by atoms with Gasteiger partial charge in [-0.25, -0.2) is 0 Å². The van der Waals surface area contributed by atoms with Crippen molar-refractivity contribution in [3.05, 3.63) is 30.1 Å². The first-order valence-corrected chi connectivity index (χ1v) is 9.64. The summed E-state index contributed by atoms with van der Waals surface area (Å²) in [6, 6.07) is 4.02. The van der Waals surface area contributed by atoms with E-state index in [4.69, 9.17) is 4.74 Å². The number of ether oxygens (including phenoxy) is 1. The SMILES string of the molecule is COCCN1C(=O)C[C@H](c2cccnc2)C12CCN(C(=O)C1CC1)CC2. The summed E-state index contributed by atoms with van der Waals surface area (Å²) in [6.45, 7) is 2.63. The van der Waals surface area contributed by atoms with E-state index >= 15 is 0 Å². The molecule has 6 heteroatoms. The van der Waals surface area contributed by atoms with Gasteiger partial charge in [0.25, 0.3) is 0 Å². The van der Waals surface area contributed by atoms with Gasteiger partial charge in [-0.1, -0.05) is 6.07 Å². The van der Waals surface area contributed by atoms with Crippen molar-refractivity contribution in [2.24, 2.45) is 5.92 Å². The lowest BCUT2D eigenvalue weighted by molar-refractivity contribution is -0.138. The minimum absolute atomic E-state index is 0.138. The van der Waals surface area contributed by atoms with Gasteiger partial charge < -0.3 is 14.5 Å². The summed E-state index contributed by atoms with van der Waals surface area (Å²) in [5.41, 5.74) is 0.904. The highest BCUT2D eigenvalue weighted by Gasteiger charge is 2.54. The Bertz CT molecular complexity index is 666. The van der Waals surface area contributed by atoms with Gasteiger partial charge in [0.15, 0.2) is 0 Å². The minimum Gasteiger partial charge on any atom is -0.383 e. The molecule has 2 saturated heterocycles. The zero-order chi connectivity index (χ0) is 18.1. The average molecular weight is 357 g/mol. The topological polar surface area (TPSA) is 62.7 Å². The van der Waals surface area contributed by atoms with Gasteiger partial charge in [0.1, 0.15) is 0 Å². The highest BCUT2D eigenvalue weighted by molar-refractivity contribution is 5.83. The Morgan fingerprint density at radius 1 is 1.35 bits per heavy atom. The molecule has 1 atom stereocenters. The van der Waals surface area contributed by atoms with Crippen molar-refractivity contribution in [2.45, 2.75) is 43.6 Å². The number of hydrogen-bond acceptors (Lipinski definition) is 4. The molecule has 4 rings (SSSR count). The number of carbonyl (C=O) groups excluding carboxylic acids is 2. The second-order valence-corrected chi connectivity index (χ2v) is 7.78. The number of methoxy groups -OCH3 is 1. The fourth-order valence-electron chi connectivity index (χ4n) is 4.77. The molecular weight excluding hydrogens is 330 g/mol. The number of rotatable bonds is 5. The fraction of sp³-hybridized carbons (Fsp3) is 0.650. The quantitative estimate of drug-likeness (QED) is 0.806. The van der Waals surface area contributed by atoms with Gasteiger partial charge in [-0.05, 0) is 37.3 Å². The zero-order valence-electron chi connectivity index (χ0n) is 15.4.